The predicted molar refractivity (Wildman–Crippen MR) is 139 cm³/mol. The van der Waals surface area contributed by atoms with Crippen molar-refractivity contribution in [3.05, 3.63) is 41.7 Å². The van der Waals surface area contributed by atoms with Crippen LogP contribution in [-0.2, 0) is 33.0 Å². The van der Waals surface area contributed by atoms with E-state index in [-0.39, 0.29) is 17.1 Å². The Hall–Kier alpha value is -1.70. The van der Waals surface area contributed by atoms with E-state index in [9.17, 15) is 13.6 Å². The lowest BCUT2D eigenvalue weighted by Crippen LogP contribution is -2.51. The fraction of sp³-hybridized carbons (Fsp3) is 0.733. The summed E-state index contributed by atoms with van der Waals surface area (Å²) in [4.78, 5) is 20.7. The van der Waals surface area contributed by atoms with Gasteiger partial charge < -0.3 is 9.47 Å². The van der Waals surface area contributed by atoms with Crippen LogP contribution in [0.25, 0.3) is 0 Å². The molecule has 0 amide bonds. The first-order valence-corrected chi connectivity index (χ1v) is 14.1. The minimum Gasteiger partial charge on any atom is -0.379 e. The Balaban J connectivity index is 1.21. The van der Waals surface area contributed by atoms with E-state index in [1.165, 1.54) is 6.20 Å². The number of nitrogens with zero attached hydrogens (tertiary/aromatic N) is 2. The van der Waals surface area contributed by atoms with Gasteiger partial charge in [0.2, 0.25) is 0 Å². The summed E-state index contributed by atoms with van der Waals surface area (Å²) in [5, 5.41) is 0. The summed E-state index contributed by atoms with van der Waals surface area (Å²) >= 11 is 0. The molecular weight excluding hydrogens is 474 g/mol. The summed E-state index contributed by atoms with van der Waals surface area (Å²) in [5.41, 5.74) is 1.56. The van der Waals surface area contributed by atoms with Crippen molar-refractivity contribution in [2.75, 3.05) is 27.4 Å². The molecule has 1 saturated heterocycles. The molecule has 7 heteroatoms. The van der Waals surface area contributed by atoms with Gasteiger partial charge in [-0.3, -0.25) is 14.7 Å². The largest absolute Gasteiger partial charge is 0.379 e. The van der Waals surface area contributed by atoms with Crippen LogP contribution in [0.2, 0.25) is 0 Å². The van der Waals surface area contributed by atoms with E-state index in [2.05, 4.69) is 23.5 Å². The average molecular weight is 517 g/mol. The smallest absolute Gasteiger partial charge is 0.292 e. The third kappa shape index (κ3) is 5.16. The van der Waals surface area contributed by atoms with Gasteiger partial charge in [0, 0.05) is 55.1 Å². The second-order valence-corrected chi connectivity index (χ2v) is 11.9. The molecule has 2 heterocycles. The average Bonchev–Trinajstić information content (AvgIpc) is 3.50. The number of likely N-dealkylation sites (N-methyl/N-ethyl adjacent to an activating group) is 1. The number of pyridine rings is 1. The first-order valence-electron chi connectivity index (χ1n) is 14.1. The number of carbonyl (C=O) groups is 1. The van der Waals surface area contributed by atoms with Gasteiger partial charge in [-0.05, 0) is 94.4 Å². The standard InChI is InChI=1S/C30H42F2N2O3/c1-4-30(31,32)23-15-21-14-20(7-9-25(21)33-18-23)8-10-28(35)29-12-5-6-22(29)16-24(17-29)34(2)26-11-13-37-19-27(26)36-3/h4,15,18,20,22,24,26-27H,1,5-14,16-17,19H2,2-3H3. The van der Waals surface area contributed by atoms with Gasteiger partial charge in [0.05, 0.1) is 12.7 Å². The molecule has 3 fully saturated rings. The molecule has 0 N–H and O–H groups in total. The van der Waals surface area contributed by atoms with Gasteiger partial charge in [-0.25, -0.2) is 0 Å². The maximum absolute atomic E-state index is 14.1. The number of hydrogen-bond donors (Lipinski definition) is 0. The Morgan fingerprint density at radius 3 is 3.00 bits per heavy atom. The maximum Gasteiger partial charge on any atom is 0.292 e. The molecule has 5 rings (SSSR count). The van der Waals surface area contributed by atoms with Gasteiger partial charge in [0.1, 0.15) is 5.78 Å². The van der Waals surface area contributed by atoms with Gasteiger partial charge in [-0.15, -0.1) is 0 Å². The van der Waals surface area contributed by atoms with Crippen LogP contribution in [0, 0.1) is 17.3 Å². The fourth-order valence-corrected chi connectivity index (χ4v) is 7.87. The van der Waals surface area contributed by atoms with Crippen LogP contribution in [0.5, 0.6) is 0 Å². The molecule has 3 aliphatic carbocycles. The van der Waals surface area contributed by atoms with Crippen molar-refractivity contribution in [2.45, 2.75) is 94.7 Å². The van der Waals surface area contributed by atoms with Crippen LogP contribution in [0.15, 0.2) is 24.9 Å². The predicted octanol–water partition coefficient (Wildman–Crippen LogP) is 5.50. The summed E-state index contributed by atoms with van der Waals surface area (Å²) in [6, 6.07) is 2.35. The molecule has 204 valence electrons. The molecule has 5 nitrogen and oxygen atoms in total. The first kappa shape index (κ1) is 26.9. The highest BCUT2D eigenvalue weighted by molar-refractivity contribution is 5.86. The molecule has 4 aliphatic rings. The summed E-state index contributed by atoms with van der Waals surface area (Å²) in [6.07, 6.45) is 12.3. The third-order valence-electron chi connectivity index (χ3n) is 10.1. The number of ether oxygens (including phenoxy) is 2. The summed E-state index contributed by atoms with van der Waals surface area (Å²) < 4.78 is 39.6. The monoisotopic (exact) mass is 516 g/mol. The number of rotatable bonds is 9. The number of methoxy groups -OCH3 is 1. The van der Waals surface area contributed by atoms with Crippen molar-refractivity contribution in [3.63, 3.8) is 0 Å². The molecule has 0 radical (unpaired) electrons. The zero-order valence-electron chi connectivity index (χ0n) is 22.4. The number of halogens is 2. The van der Waals surface area contributed by atoms with Crippen LogP contribution in [0.1, 0.15) is 74.6 Å². The highest BCUT2D eigenvalue weighted by Gasteiger charge is 2.55. The number of hydrogen-bond acceptors (Lipinski definition) is 5. The number of allylic oxidation sites excluding steroid dienone is 1. The number of alkyl halides is 2. The number of ketones is 1. The number of fused-ring (bicyclic) bond motifs is 2. The highest BCUT2D eigenvalue weighted by Crippen LogP contribution is 2.56. The normalized spacial score (nSPS) is 33.8. The lowest BCUT2D eigenvalue weighted by atomic mass is 9.73. The second-order valence-electron chi connectivity index (χ2n) is 11.9. The summed E-state index contributed by atoms with van der Waals surface area (Å²) in [6.45, 7) is 4.67. The van der Waals surface area contributed by atoms with E-state index in [0.717, 1.165) is 82.1 Å². The van der Waals surface area contributed by atoms with Crippen molar-refractivity contribution in [1.29, 1.82) is 0 Å². The Morgan fingerprint density at radius 2 is 2.22 bits per heavy atom. The first-order chi connectivity index (χ1) is 17.8. The van der Waals surface area contributed by atoms with Crippen molar-refractivity contribution in [3.8, 4) is 0 Å². The van der Waals surface area contributed by atoms with Gasteiger partial charge in [0.25, 0.3) is 5.92 Å². The SMILES string of the molecule is C=CC(F)(F)c1cnc2c(c1)CC(CCC(=O)C13CCCC1CC(N(C)C1CCOCC1OC)C3)CC2. The van der Waals surface area contributed by atoms with E-state index in [1.54, 1.807) is 13.2 Å². The topological polar surface area (TPSA) is 51.7 Å². The third-order valence-corrected chi connectivity index (χ3v) is 10.1. The van der Waals surface area contributed by atoms with E-state index in [4.69, 9.17) is 9.47 Å². The van der Waals surface area contributed by atoms with Crippen molar-refractivity contribution in [2.24, 2.45) is 17.3 Å². The van der Waals surface area contributed by atoms with Crippen molar-refractivity contribution in [1.82, 2.24) is 9.88 Å². The summed E-state index contributed by atoms with van der Waals surface area (Å²) in [5.74, 6) is -1.81. The minimum atomic E-state index is -3.07. The Labute approximate surface area is 220 Å². The molecule has 1 aromatic heterocycles. The molecule has 0 aromatic carbocycles. The van der Waals surface area contributed by atoms with E-state index in [0.29, 0.717) is 48.8 Å². The number of Topliss-reactive ketones (excluding diaryl/α,β-unsaturated/α-hetero) is 1. The lowest BCUT2D eigenvalue weighted by Gasteiger charge is -2.40. The van der Waals surface area contributed by atoms with Crippen LogP contribution in [0.4, 0.5) is 8.78 Å². The summed E-state index contributed by atoms with van der Waals surface area (Å²) in [7, 11) is 3.98. The Bertz CT molecular complexity index is 1000. The van der Waals surface area contributed by atoms with Gasteiger partial charge >= 0.3 is 0 Å². The number of carbonyl (C=O) groups excluding carboxylic acids is 1. The van der Waals surface area contributed by atoms with Crippen LogP contribution in [-0.4, -0.2) is 61.2 Å². The zero-order chi connectivity index (χ0) is 26.2. The molecule has 37 heavy (non-hydrogen) atoms. The number of aryl methyl sites for hydroxylation is 1. The second kappa shape index (κ2) is 10.8. The van der Waals surface area contributed by atoms with Crippen LogP contribution >= 0.6 is 0 Å². The van der Waals surface area contributed by atoms with Crippen LogP contribution in [0.3, 0.4) is 0 Å². The fourth-order valence-electron chi connectivity index (χ4n) is 7.87. The minimum absolute atomic E-state index is 0.0847. The molecule has 0 bridgehead atoms. The molecule has 6 atom stereocenters. The molecule has 0 spiro atoms. The Kier molecular flexibility index (Phi) is 7.86. The maximum atomic E-state index is 14.1. The quantitative estimate of drug-likeness (QED) is 0.406. The van der Waals surface area contributed by atoms with E-state index in [1.807, 2.05) is 0 Å². The zero-order valence-corrected chi connectivity index (χ0v) is 22.4. The Morgan fingerprint density at radius 1 is 1.38 bits per heavy atom. The molecular formula is C30H42F2N2O3. The van der Waals surface area contributed by atoms with Crippen molar-refractivity contribution >= 4 is 5.78 Å². The lowest BCUT2D eigenvalue weighted by molar-refractivity contribution is -0.130. The van der Waals surface area contributed by atoms with Crippen molar-refractivity contribution < 1.29 is 23.0 Å². The van der Waals surface area contributed by atoms with Gasteiger partial charge in [0.15, 0.2) is 0 Å². The molecule has 2 saturated carbocycles. The van der Waals surface area contributed by atoms with Gasteiger partial charge in [-0.1, -0.05) is 13.0 Å². The van der Waals surface area contributed by atoms with E-state index >= 15 is 0 Å². The number of aromatic nitrogens is 1. The molecule has 1 aromatic rings. The van der Waals surface area contributed by atoms with Gasteiger partial charge in [-0.2, -0.15) is 8.78 Å². The van der Waals surface area contributed by atoms with E-state index < -0.39 is 5.92 Å². The van der Waals surface area contributed by atoms with Crippen LogP contribution < -0.4 is 0 Å². The molecule has 6 unspecified atom stereocenters. The molecule has 1 aliphatic heterocycles. The highest BCUT2D eigenvalue weighted by atomic mass is 19.3.